The van der Waals surface area contributed by atoms with Gasteiger partial charge in [0.05, 0.1) is 5.02 Å². The first-order chi connectivity index (χ1) is 9.86. The van der Waals surface area contributed by atoms with Crippen LogP contribution in [0.15, 0.2) is 24.3 Å². The van der Waals surface area contributed by atoms with Gasteiger partial charge in [0.1, 0.15) is 5.75 Å². The zero-order valence-electron chi connectivity index (χ0n) is 11.1. The van der Waals surface area contributed by atoms with Gasteiger partial charge >= 0.3 is 12.6 Å². The van der Waals surface area contributed by atoms with Crippen molar-refractivity contribution in [3.8, 4) is 11.6 Å². The maximum absolute atomic E-state index is 12.2. The van der Waals surface area contributed by atoms with Gasteiger partial charge in [0.15, 0.2) is 5.69 Å². The van der Waals surface area contributed by atoms with Crippen molar-refractivity contribution < 1.29 is 23.0 Å². The van der Waals surface area contributed by atoms with E-state index in [-0.39, 0.29) is 22.3 Å². The maximum atomic E-state index is 12.2. The fourth-order valence-corrected chi connectivity index (χ4v) is 1.87. The second-order valence-corrected chi connectivity index (χ2v) is 4.60. The Morgan fingerprint density at radius 1 is 1.38 bits per heavy atom. The van der Waals surface area contributed by atoms with E-state index < -0.39 is 12.6 Å². The number of rotatable bonds is 4. The van der Waals surface area contributed by atoms with Crippen LogP contribution in [-0.4, -0.2) is 22.4 Å². The Balaban J connectivity index is 2.17. The van der Waals surface area contributed by atoms with Crippen LogP contribution in [0.4, 0.5) is 8.78 Å². The Labute approximate surface area is 124 Å². The molecule has 0 unspecified atom stereocenters. The smallest absolute Gasteiger partial charge is 0.388 e. The van der Waals surface area contributed by atoms with E-state index in [9.17, 15) is 13.6 Å². The third kappa shape index (κ3) is 3.69. The van der Waals surface area contributed by atoms with Crippen molar-refractivity contribution in [2.75, 3.05) is 0 Å². The van der Waals surface area contributed by atoms with Gasteiger partial charge in [-0.3, -0.25) is 0 Å². The Morgan fingerprint density at radius 2 is 2.10 bits per heavy atom. The molecule has 0 aliphatic carbocycles. The topological polar surface area (TPSA) is 53.4 Å². The summed E-state index contributed by atoms with van der Waals surface area (Å²) < 4.78 is 34.6. The van der Waals surface area contributed by atoms with Crippen LogP contribution in [0.25, 0.3) is 0 Å². The molecular weight excluding hydrogens is 306 g/mol. The van der Waals surface area contributed by atoms with Gasteiger partial charge in [-0.2, -0.15) is 13.9 Å². The minimum Gasteiger partial charge on any atom is -0.420 e. The molecule has 0 fully saturated rings. The summed E-state index contributed by atoms with van der Waals surface area (Å²) >= 11 is 5.94. The molecule has 21 heavy (non-hydrogen) atoms. The molecule has 0 spiro atoms. The number of esters is 1. The zero-order chi connectivity index (χ0) is 15.6. The number of carbonyl (C=O) groups excluding carboxylic acids is 1. The number of aromatic nitrogens is 2. The van der Waals surface area contributed by atoms with E-state index in [2.05, 4.69) is 9.84 Å². The lowest BCUT2D eigenvalue weighted by molar-refractivity contribution is -0.0553. The van der Waals surface area contributed by atoms with Crippen LogP contribution in [-0.2, 0) is 7.05 Å². The van der Waals surface area contributed by atoms with E-state index in [1.54, 1.807) is 12.1 Å². The predicted octanol–water partition coefficient (Wildman–Crippen LogP) is 3.20. The van der Waals surface area contributed by atoms with Crippen LogP contribution in [0, 0.1) is 6.92 Å². The molecule has 1 aromatic carbocycles. The average Bonchev–Trinajstić information content (AvgIpc) is 2.74. The van der Waals surface area contributed by atoms with Crippen molar-refractivity contribution in [1.29, 1.82) is 0 Å². The third-order valence-corrected chi connectivity index (χ3v) is 2.84. The van der Waals surface area contributed by atoms with E-state index in [1.165, 1.54) is 13.1 Å². The quantitative estimate of drug-likeness (QED) is 0.642. The van der Waals surface area contributed by atoms with E-state index in [4.69, 9.17) is 16.3 Å². The molecule has 1 heterocycles. The Hall–Kier alpha value is -2.15. The Kier molecular flexibility index (Phi) is 4.42. The summed E-state index contributed by atoms with van der Waals surface area (Å²) in [6, 6.07) is 5.96. The summed E-state index contributed by atoms with van der Waals surface area (Å²) in [5.41, 5.74) is 0.745. The lowest BCUT2D eigenvalue weighted by atomic mass is 10.2. The largest absolute Gasteiger partial charge is 0.420 e. The van der Waals surface area contributed by atoms with Gasteiger partial charge in [-0.15, -0.1) is 0 Å². The SMILES string of the molecule is Cc1ccc(OC(=O)c2cc(OC(F)F)n(C)n2)c(Cl)c1. The molecule has 2 aromatic rings. The highest BCUT2D eigenvalue weighted by molar-refractivity contribution is 6.32. The molecule has 0 radical (unpaired) electrons. The first-order valence-electron chi connectivity index (χ1n) is 5.84. The van der Waals surface area contributed by atoms with Gasteiger partial charge in [-0.25, -0.2) is 9.48 Å². The molecule has 0 amide bonds. The Morgan fingerprint density at radius 3 is 2.71 bits per heavy atom. The van der Waals surface area contributed by atoms with Crippen LogP contribution in [0.1, 0.15) is 16.1 Å². The highest BCUT2D eigenvalue weighted by Gasteiger charge is 2.18. The van der Waals surface area contributed by atoms with Crippen LogP contribution >= 0.6 is 11.6 Å². The fourth-order valence-electron chi connectivity index (χ4n) is 1.59. The molecule has 1 aromatic heterocycles. The number of carbonyl (C=O) groups is 1. The summed E-state index contributed by atoms with van der Waals surface area (Å²) in [7, 11) is 1.37. The molecule has 112 valence electrons. The van der Waals surface area contributed by atoms with Crippen molar-refractivity contribution in [1.82, 2.24) is 9.78 Å². The van der Waals surface area contributed by atoms with Crippen LogP contribution in [0.2, 0.25) is 5.02 Å². The van der Waals surface area contributed by atoms with Gasteiger partial charge < -0.3 is 9.47 Å². The van der Waals surface area contributed by atoms with Crippen molar-refractivity contribution in [2.45, 2.75) is 13.5 Å². The monoisotopic (exact) mass is 316 g/mol. The van der Waals surface area contributed by atoms with Crippen molar-refractivity contribution >= 4 is 17.6 Å². The summed E-state index contributed by atoms with van der Waals surface area (Å²) in [6.07, 6.45) is 0. The molecule has 5 nitrogen and oxygen atoms in total. The lowest BCUT2D eigenvalue weighted by Crippen LogP contribution is -2.10. The minimum atomic E-state index is -3.00. The molecule has 0 saturated heterocycles. The number of nitrogens with zero attached hydrogens (tertiary/aromatic N) is 2. The molecule has 0 N–H and O–H groups in total. The van der Waals surface area contributed by atoms with Gasteiger partial charge in [-0.05, 0) is 24.6 Å². The van der Waals surface area contributed by atoms with Crippen LogP contribution in [0.3, 0.4) is 0 Å². The number of alkyl halides is 2. The lowest BCUT2D eigenvalue weighted by Gasteiger charge is -2.04. The first kappa shape index (κ1) is 15.2. The summed E-state index contributed by atoms with van der Waals surface area (Å²) in [5, 5.41) is 4.01. The van der Waals surface area contributed by atoms with Crippen molar-refractivity contribution in [3.63, 3.8) is 0 Å². The Bertz CT molecular complexity index is 673. The molecule has 2 rings (SSSR count). The third-order valence-electron chi connectivity index (χ3n) is 2.55. The second-order valence-electron chi connectivity index (χ2n) is 4.19. The second kappa shape index (κ2) is 6.09. The highest BCUT2D eigenvalue weighted by atomic mass is 35.5. The standard InChI is InChI=1S/C13H11ClF2N2O3/c1-7-3-4-10(8(14)5-7)20-12(19)9-6-11(18(2)17-9)21-13(15)16/h3-6,13H,1-2H3. The number of hydrogen-bond acceptors (Lipinski definition) is 4. The van der Waals surface area contributed by atoms with E-state index in [0.29, 0.717) is 0 Å². The summed E-state index contributed by atoms with van der Waals surface area (Å²) in [4.78, 5) is 11.9. The number of aryl methyl sites for hydroxylation is 2. The van der Waals surface area contributed by atoms with Gasteiger partial charge in [0.2, 0.25) is 5.88 Å². The first-order valence-corrected chi connectivity index (χ1v) is 6.22. The normalized spacial score (nSPS) is 10.8. The van der Waals surface area contributed by atoms with Crippen LogP contribution < -0.4 is 9.47 Å². The molecule has 8 heteroatoms. The number of benzene rings is 1. The molecule has 0 bridgehead atoms. The molecule has 0 atom stereocenters. The highest BCUT2D eigenvalue weighted by Crippen LogP contribution is 2.26. The molecule has 0 aliphatic rings. The van der Waals surface area contributed by atoms with E-state index >= 15 is 0 Å². The van der Waals surface area contributed by atoms with Gasteiger partial charge in [-0.1, -0.05) is 17.7 Å². The van der Waals surface area contributed by atoms with Gasteiger partial charge in [0, 0.05) is 13.1 Å². The van der Waals surface area contributed by atoms with E-state index in [1.807, 2.05) is 6.92 Å². The number of ether oxygens (including phenoxy) is 2. The predicted molar refractivity (Wildman–Crippen MR) is 71.0 cm³/mol. The maximum Gasteiger partial charge on any atom is 0.388 e. The van der Waals surface area contributed by atoms with Crippen LogP contribution in [0.5, 0.6) is 11.6 Å². The summed E-state index contributed by atoms with van der Waals surface area (Å²) in [6.45, 7) is -1.17. The molecule has 0 saturated carbocycles. The zero-order valence-corrected chi connectivity index (χ0v) is 11.9. The number of halogens is 3. The average molecular weight is 317 g/mol. The molecule has 0 aliphatic heterocycles. The fraction of sp³-hybridized carbons (Fsp3) is 0.231. The van der Waals surface area contributed by atoms with E-state index in [0.717, 1.165) is 16.3 Å². The minimum absolute atomic E-state index is 0.161. The van der Waals surface area contributed by atoms with Crippen molar-refractivity contribution in [2.24, 2.45) is 7.05 Å². The van der Waals surface area contributed by atoms with Gasteiger partial charge in [0.25, 0.3) is 0 Å². The summed E-state index contributed by atoms with van der Waals surface area (Å²) in [5.74, 6) is -0.901. The number of hydrogen-bond donors (Lipinski definition) is 0. The van der Waals surface area contributed by atoms with Crippen molar-refractivity contribution in [3.05, 3.63) is 40.5 Å². The molecular formula is C13H11ClF2N2O3.